The molecule has 1 saturated heterocycles. The molecular weight excluding hydrogens is 274 g/mol. The third kappa shape index (κ3) is 5.06. The van der Waals surface area contributed by atoms with Crippen molar-refractivity contribution in [2.45, 2.75) is 70.8 Å². The molecule has 1 unspecified atom stereocenters. The van der Waals surface area contributed by atoms with Gasteiger partial charge in [-0.1, -0.05) is 58.3 Å². The molecule has 0 aromatic heterocycles. The van der Waals surface area contributed by atoms with Gasteiger partial charge in [-0.15, -0.1) is 0 Å². The Morgan fingerprint density at radius 1 is 1.09 bits per heavy atom. The lowest BCUT2D eigenvalue weighted by Crippen LogP contribution is -2.32. The molecule has 22 heavy (non-hydrogen) atoms. The Balaban J connectivity index is 1.67. The second-order valence-electron chi connectivity index (χ2n) is 6.04. The highest BCUT2D eigenvalue weighted by molar-refractivity contribution is 5.84. The Kier molecular flexibility index (Phi) is 7.31. The first-order valence-corrected chi connectivity index (χ1v) is 8.70. The first-order valence-electron chi connectivity index (χ1n) is 8.70. The molecule has 0 radical (unpaired) electrons. The van der Waals surface area contributed by atoms with E-state index >= 15 is 0 Å². The summed E-state index contributed by atoms with van der Waals surface area (Å²) in [6.07, 6.45) is 10.8. The number of carbonyl (C=O) groups excluding carboxylic acids is 1. The summed E-state index contributed by atoms with van der Waals surface area (Å²) in [5.74, 6) is 0.0640. The van der Waals surface area contributed by atoms with Gasteiger partial charge < -0.3 is 4.74 Å². The van der Waals surface area contributed by atoms with Crippen LogP contribution < -0.4 is 9.93 Å². The highest BCUT2D eigenvalue weighted by Gasteiger charge is 2.29. The van der Waals surface area contributed by atoms with Crippen LogP contribution in [0.25, 0.3) is 0 Å². The smallest absolute Gasteiger partial charge is 0.311 e. The van der Waals surface area contributed by atoms with Gasteiger partial charge in [0.2, 0.25) is 0 Å². The van der Waals surface area contributed by atoms with Crippen LogP contribution in [0.5, 0.6) is 0 Å². The first-order chi connectivity index (χ1) is 10.8. The Morgan fingerprint density at radius 3 is 2.50 bits per heavy atom. The molecule has 1 heterocycles. The third-order valence-corrected chi connectivity index (χ3v) is 4.20. The van der Waals surface area contributed by atoms with Crippen LogP contribution in [0.2, 0.25) is 0 Å². The van der Waals surface area contributed by atoms with Gasteiger partial charge in [0.1, 0.15) is 6.10 Å². The van der Waals surface area contributed by atoms with Gasteiger partial charge in [-0.3, -0.25) is 9.37 Å². The van der Waals surface area contributed by atoms with E-state index in [-0.39, 0.29) is 12.0 Å². The Hall–Kier alpha value is -1.48. The van der Waals surface area contributed by atoms with E-state index in [1.807, 2.05) is 30.3 Å². The van der Waals surface area contributed by atoms with Crippen LogP contribution in [-0.4, -0.2) is 12.0 Å². The van der Waals surface area contributed by atoms with Gasteiger partial charge in [-0.05, 0) is 6.42 Å². The molecule has 0 N–H and O–H groups in total. The zero-order valence-electron chi connectivity index (χ0n) is 13.7. The van der Waals surface area contributed by atoms with Gasteiger partial charge in [-0.25, -0.2) is 0 Å². The van der Waals surface area contributed by atoms with E-state index in [1.54, 1.807) is 11.3 Å². The van der Waals surface area contributed by atoms with Gasteiger partial charge >= 0.3 is 5.91 Å². The molecule has 0 spiro atoms. The summed E-state index contributed by atoms with van der Waals surface area (Å²) in [5, 5.41) is 0.880. The van der Waals surface area contributed by atoms with Gasteiger partial charge in [0, 0.05) is 5.36 Å². The van der Waals surface area contributed by atoms with E-state index in [0.29, 0.717) is 0 Å². The number of rotatable bonds is 9. The van der Waals surface area contributed by atoms with Crippen molar-refractivity contribution in [2.75, 3.05) is 0 Å². The van der Waals surface area contributed by atoms with E-state index in [9.17, 15) is 4.79 Å². The van der Waals surface area contributed by atoms with Crippen LogP contribution in [0.3, 0.4) is 0 Å². The van der Waals surface area contributed by atoms with Crippen molar-refractivity contribution in [3.05, 3.63) is 42.4 Å². The minimum Gasteiger partial charge on any atom is -0.353 e. The average molecular weight is 302 g/mol. The van der Waals surface area contributed by atoms with Crippen molar-refractivity contribution < 1.29 is 9.53 Å². The highest BCUT2D eigenvalue weighted by atomic mass is 16.5. The number of hydrogen-bond acceptors (Lipinski definition) is 2. The van der Waals surface area contributed by atoms with Crippen molar-refractivity contribution >= 4 is 5.91 Å². The number of carbonyl (C=O) groups is 1. The number of benzene rings is 1. The van der Waals surface area contributed by atoms with E-state index in [1.165, 1.54) is 44.9 Å². The summed E-state index contributed by atoms with van der Waals surface area (Å²) in [4.78, 5) is 12.3. The van der Waals surface area contributed by atoms with Crippen molar-refractivity contribution in [3.63, 3.8) is 0 Å². The predicted octanol–water partition coefficient (Wildman–Crippen LogP) is 3.75. The van der Waals surface area contributed by atoms with Gasteiger partial charge in [0.05, 0.1) is 0 Å². The van der Waals surface area contributed by atoms with E-state index in [4.69, 9.17) is 4.74 Å². The van der Waals surface area contributed by atoms with Crippen LogP contribution in [0.15, 0.2) is 30.3 Å². The fraction of sp³-hybridized carbons (Fsp3) is 0.579. The largest absolute Gasteiger partial charge is 0.353 e. The molecule has 1 fully saturated rings. The number of amides is 1. The topological polar surface area (TPSA) is 29.3 Å². The lowest BCUT2D eigenvalue weighted by molar-refractivity contribution is -0.124. The molecule has 0 saturated carbocycles. The average Bonchev–Trinajstić information content (AvgIpc) is 2.92. The molecule has 1 aromatic rings. The summed E-state index contributed by atoms with van der Waals surface area (Å²) >= 11 is 0. The van der Waals surface area contributed by atoms with Gasteiger partial charge in [0.15, 0.2) is 6.73 Å². The second-order valence-corrected chi connectivity index (χ2v) is 6.04. The summed E-state index contributed by atoms with van der Waals surface area (Å²) < 4.78 is 7.16. The molecule has 1 amide bonds. The lowest BCUT2D eigenvalue weighted by atomic mass is 10.1. The maximum atomic E-state index is 12.3. The quantitative estimate of drug-likeness (QED) is 0.395. The summed E-state index contributed by atoms with van der Waals surface area (Å²) in [5.41, 5.74) is 0. The van der Waals surface area contributed by atoms with Crippen LogP contribution in [-0.2, 0) is 9.53 Å². The molecule has 1 aliphatic heterocycles. The summed E-state index contributed by atoms with van der Waals surface area (Å²) in [6.45, 7) is 3.81. The highest BCUT2D eigenvalue weighted by Crippen LogP contribution is 2.16. The van der Waals surface area contributed by atoms with Crippen molar-refractivity contribution in [1.82, 2.24) is 4.58 Å². The maximum absolute atomic E-state index is 12.3. The fourth-order valence-electron chi connectivity index (χ4n) is 2.83. The first kappa shape index (κ1) is 16.9. The summed E-state index contributed by atoms with van der Waals surface area (Å²) in [6, 6.07) is 9.67. The Morgan fingerprint density at radius 2 is 1.82 bits per heavy atom. The minimum absolute atomic E-state index is 0.0640. The molecule has 1 atom stereocenters. The predicted molar refractivity (Wildman–Crippen MR) is 88.7 cm³/mol. The monoisotopic (exact) mass is 302 g/mol. The van der Waals surface area contributed by atoms with Gasteiger partial charge in [-0.2, -0.15) is 30.3 Å². The number of unbranched alkanes of at least 4 members (excludes halogenated alkanes) is 7. The molecular formula is C19H28NO2-. The maximum Gasteiger partial charge on any atom is 0.311 e. The third-order valence-electron chi connectivity index (χ3n) is 4.20. The molecule has 3 heteroatoms. The van der Waals surface area contributed by atoms with Crippen molar-refractivity contribution in [2.24, 2.45) is 0 Å². The fourth-order valence-corrected chi connectivity index (χ4v) is 2.83. The zero-order valence-corrected chi connectivity index (χ0v) is 13.7. The van der Waals surface area contributed by atoms with Crippen molar-refractivity contribution in [1.29, 1.82) is 0 Å². The second kappa shape index (κ2) is 9.52. The molecule has 0 aliphatic carbocycles. The minimum atomic E-state index is -0.291. The van der Waals surface area contributed by atoms with E-state index < -0.39 is 0 Å². The molecule has 3 nitrogen and oxygen atoms in total. The van der Waals surface area contributed by atoms with Crippen LogP contribution in [0.4, 0.5) is 0 Å². The van der Waals surface area contributed by atoms with Crippen LogP contribution in [0, 0.1) is 6.73 Å². The number of para-hydroxylation sites is 1. The number of ether oxygens (including phenoxy) is 1. The molecule has 1 aliphatic rings. The Labute approximate surface area is 134 Å². The Bertz CT molecular complexity index is 501. The number of hydrogen-bond donors (Lipinski definition) is 0. The molecule has 122 valence electrons. The lowest BCUT2D eigenvalue weighted by Gasteiger charge is -2.06. The van der Waals surface area contributed by atoms with Gasteiger partial charge in [0.25, 0.3) is 0 Å². The summed E-state index contributed by atoms with van der Waals surface area (Å²) in [7, 11) is 0. The molecule has 0 bridgehead atoms. The standard InChI is InChI=1S/C19H28NO2/c1-2-3-4-5-6-7-8-12-15-18-19(21)20(16-22-18)17-13-10-9-11-14-17/h9-11,13-14,16,18H,2-8,12,15H2,1H3/q-1. The van der Waals surface area contributed by atoms with Crippen LogP contribution >= 0.6 is 0 Å². The van der Waals surface area contributed by atoms with E-state index in [0.717, 1.165) is 18.2 Å². The molecule has 2 rings (SSSR count). The number of nitrogens with zero attached hydrogens (tertiary/aromatic N) is 1. The van der Waals surface area contributed by atoms with E-state index in [2.05, 4.69) is 6.92 Å². The molecule has 1 aromatic carbocycles. The normalized spacial score (nSPS) is 17.8. The van der Waals surface area contributed by atoms with Crippen molar-refractivity contribution in [3.8, 4) is 0 Å². The van der Waals surface area contributed by atoms with Crippen LogP contribution in [0.1, 0.15) is 64.7 Å². The SMILES string of the molecule is CCCCCCCCCCC1O[CH-][N+](=c2cccc[cH-]2)C1=O. The zero-order chi connectivity index (χ0) is 15.6.